The lowest BCUT2D eigenvalue weighted by atomic mass is 10.3. The quantitative estimate of drug-likeness (QED) is 0.297. The number of nitrogen functional groups attached to an aromatic ring is 4. The molecule has 0 saturated carbocycles. The van der Waals surface area contributed by atoms with E-state index >= 15 is 0 Å². The van der Waals surface area contributed by atoms with E-state index in [9.17, 15) is 0 Å². The summed E-state index contributed by atoms with van der Waals surface area (Å²) in [6.45, 7) is 0. The summed E-state index contributed by atoms with van der Waals surface area (Å²) in [5.41, 5.74) is 24.7. The van der Waals surface area contributed by atoms with Crippen LogP contribution in [0.1, 0.15) is 0 Å². The molecule has 0 bridgehead atoms. The Labute approximate surface area is 189 Å². The first-order valence-electron chi connectivity index (χ1n) is 8.80. The van der Waals surface area contributed by atoms with Gasteiger partial charge in [0.1, 0.15) is 0 Å². The second kappa shape index (κ2) is 23.2. The molecule has 176 valence electrons. The number of hydrogen-bond donors (Lipinski definition) is 4. The van der Waals surface area contributed by atoms with E-state index < -0.39 is 0 Å². The van der Waals surface area contributed by atoms with Crippen molar-refractivity contribution in [3.05, 3.63) is 121 Å². The lowest BCUT2D eigenvalue weighted by Gasteiger charge is -1.83. The van der Waals surface area contributed by atoms with Crippen LogP contribution >= 0.6 is 0 Å². The highest BCUT2D eigenvalue weighted by Gasteiger charge is 1.74. The van der Waals surface area contributed by atoms with Gasteiger partial charge in [0.05, 0.1) is 0 Å². The highest BCUT2D eigenvalue weighted by atomic mass is 16.0. The van der Waals surface area contributed by atoms with Gasteiger partial charge in [0, 0.05) is 22.7 Å². The maximum Gasteiger partial charge on any atom is 0.0313 e. The summed E-state index contributed by atoms with van der Waals surface area (Å²) in [6, 6.07) is 37.9. The molecule has 0 aromatic heterocycles. The lowest BCUT2D eigenvalue weighted by molar-refractivity contribution is 0.823. The molecular formula is C24H36N4O4. The average Bonchev–Trinajstić information content (AvgIpc) is 2.72. The number of hydrogen-bond acceptors (Lipinski definition) is 4. The monoisotopic (exact) mass is 444 g/mol. The van der Waals surface area contributed by atoms with E-state index in [1.54, 1.807) is 0 Å². The van der Waals surface area contributed by atoms with Crippen molar-refractivity contribution in [3.8, 4) is 0 Å². The lowest BCUT2D eigenvalue weighted by Crippen LogP contribution is -1.79. The van der Waals surface area contributed by atoms with Crippen molar-refractivity contribution in [2.24, 2.45) is 0 Å². The number of para-hydroxylation sites is 4. The highest BCUT2D eigenvalue weighted by molar-refractivity contribution is 5.37. The maximum atomic E-state index is 5.36. The molecule has 0 spiro atoms. The molecule has 0 fully saturated rings. The fraction of sp³-hybridized carbons (Fsp3) is 0. The number of nitrogens with two attached hydrogens (primary N) is 4. The molecule has 0 aliphatic carbocycles. The molecule has 8 nitrogen and oxygen atoms in total. The third-order valence-corrected chi connectivity index (χ3v) is 3.20. The van der Waals surface area contributed by atoms with Crippen molar-refractivity contribution in [2.45, 2.75) is 0 Å². The second-order valence-corrected chi connectivity index (χ2v) is 5.64. The van der Waals surface area contributed by atoms with Gasteiger partial charge in [-0.2, -0.15) is 0 Å². The van der Waals surface area contributed by atoms with Crippen molar-refractivity contribution in [2.75, 3.05) is 22.9 Å². The molecule has 0 radical (unpaired) electrons. The summed E-state index contributed by atoms with van der Waals surface area (Å²) >= 11 is 0. The van der Waals surface area contributed by atoms with Crippen molar-refractivity contribution >= 4 is 22.7 Å². The van der Waals surface area contributed by atoms with Crippen molar-refractivity contribution < 1.29 is 21.9 Å². The van der Waals surface area contributed by atoms with Gasteiger partial charge in [-0.25, -0.2) is 0 Å². The Bertz CT molecular complexity index is 704. The minimum atomic E-state index is 0. The first kappa shape index (κ1) is 35.4. The predicted octanol–water partition coefficient (Wildman–Crippen LogP) is 1.78. The maximum absolute atomic E-state index is 5.36. The summed E-state index contributed by atoms with van der Waals surface area (Å²) in [7, 11) is 0. The van der Waals surface area contributed by atoms with Gasteiger partial charge < -0.3 is 44.8 Å². The normalized spacial score (nSPS) is 7.50. The van der Waals surface area contributed by atoms with Crippen LogP contribution in [0.3, 0.4) is 0 Å². The van der Waals surface area contributed by atoms with Crippen LogP contribution in [0, 0.1) is 0 Å². The zero-order chi connectivity index (χ0) is 20.5. The third kappa shape index (κ3) is 20.6. The molecule has 4 aromatic rings. The highest BCUT2D eigenvalue weighted by Crippen LogP contribution is 1.97. The van der Waals surface area contributed by atoms with Crippen LogP contribution in [0.4, 0.5) is 22.7 Å². The zero-order valence-electron chi connectivity index (χ0n) is 17.9. The van der Waals surface area contributed by atoms with Crippen LogP contribution in [-0.2, 0) is 0 Å². The van der Waals surface area contributed by atoms with E-state index in [0.29, 0.717) is 0 Å². The second-order valence-electron chi connectivity index (χ2n) is 5.64. The molecule has 32 heavy (non-hydrogen) atoms. The van der Waals surface area contributed by atoms with Gasteiger partial charge in [0.25, 0.3) is 0 Å². The molecule has 0 aliphatic rings. The van der Waals surface area contributed by atoms with Gasteiger partial charge in [0.15, 0.2) is 0 Å². The van der Waals surface area contributed by atoms with Crippen molar-refractivity contribution in [1.82, 2.24) is 0 Å². The van der Waals surface area contributed by atoms with E-state index in [-0.39, 0.29) is 21.9 Å². The van der Waals surface area contributed by atoms with Crippen molar-refractivity contribution in [1.29, 1.82) is 0 Å². The molecule has 0 saturated heterocycles. The first-order valence-corrected chi connectivity index (χ1v) is 8.80. The standard InChI is InChI=1S/4C6H7N.4H2O/c4*7-6-4-2-1-3-5-6;;;;/h4*1-5H,7H2;4*1H2. The Kier molecular flexibility index (Phi) is 25.6. The van der Waals surface area contributed by atoms with E-state index in [4.69, 9.17) is 22.9 Å². The van der Waals surface area contributed by atoms with E-state index in [1.807, 2.05) is 121 Å². The predicted molar refractivity (Wildman–Crippen MR) is 138 cm³/mol. The minimum Gasteiger partial charge on any atom is -0.412 e. The molecular weight excluding hydrogens is 408 g/mol. The Morgan fingerprint density at radius 1 is 0.250 bits per heavy atom. The van der Waals surface area contributed by atoms with E-state index in [1.165, 1.54) is 0 Å². The molecule has 16 N–H and O–H groups in total. The molecule has 0 aliphatic heterocycles. The van der Waals surface area contributed by atoms with Gasteiger partial charge in [-0.3, -0.25) is 0 Å². The summed E-state index contributed by atoms with van der Waals surface area (Å²) in [4.78, 5) is 0. The van der Waals surface area contributed by atoms with E-state index in [2.05, 4.69) is 0 Å². The summed E-state index contributed by atoms with van der Waals surface area (Å²) in [6.07, 6.45) is 0. The Morgan fingerprint density at radius 2 is 0.375 bits per heavy atom. The van der Waals surface area contributed by atoms with Crippen LogP contribution in [0.25, 0.3) is 0 Å². The molecule has 4 aromatic carbocycles. The number of benzene rings is 4. The first-order chi connectivity index (χ1) is 13.6. The zero-order valence-corrected chi connectivity index (χ0v) is 17.9. The van der Waals surface area contributed by atoms with Crippen LogP contribution in [0.15, 0.2) is 121 Å². The molecule has 0 heterocycles. The largest absolute Gasteiger partial charge is 0.412 e. The SMILES string of the molecule is Nc1ccccc1.Nc1ccccc1.Nc1ccccc1.Nc1ccccc1.O.O.O.O. The van der Waals surface area contributed by atoms with Gasteiger partial charge >= 0.3 is 0 Å². The van der Waals surface area contributed by atoms with Crippen LogP contribution in [0.5, 0.6) is 0 Å². The van der Waals surface area contributed by atoms with Crippen LogP contribution in [-0.4, -0.2) is 21.9 Å². The summed E-state index contributed by atoms with van der Waals surface area (Å²) in [5.74, 6) is 0. The summed E-state index contributed by atoms with van der Waals surface area (Å²) in [5, 5.41) is 0. The van der Waals surface area contributed by atoms with Gasteiger partial charge in [-0.15, -0.1) is 0 Å². The topological polar surface area (TPSA) is 230 Å². The van der Waals surface area contributed by atoms with Crippen LogP contribution in [0.2, 0.25) is 0 Å². The molecule has 0 unspecified atom stereocenters. The fourth-order valence-corrected chi connectivity index (χ4v) is 1.81. The third-order valence-electron chi connectivity index (χ3n) is 3.20. The van der Waals surface area contributed by atoms with Gasteiger partial charge in [-0.1, -0.05) is 72.8 Å². The Hall–Kier alpha value is -4.08. The molecule has 8 heteroatoms. The number of anilines is 4. The minimum absolute atomic E-state index is 0. The fourth-order valence-electron chi connectivity index (χ4n) is 1.81. The van der Waals surface area contributed by atoms with Gasteiger partial charge in [0.2, 0.25) is 0 Å². The Balaban J connectivity index is -0.000000157. The van der Waals surface area contributed by atoms with Crippen LogP contribution < -0.4 is 22.9 Å². The number of rotatable bonds is 0. The average molecular weight is 445 g/mol. The Morgan fingerprint density at radius 3 is 0.438 bits per heavy atom. The molecule has 4 rings (SSSR count). The van der Waals surface area contributed by atoms with Gasteiger partial charge in [-0.05, 0) is 48.5 Å². The van der Waals surface area contributed by atoms with E-state index in [0.717, 1.165) is 22.7 Å². The molecule has 0 atom stereocenters. The smallest absolute Gasteiger partial charge is 0.0313 e. The molecule has 0 amide bonds. The van der Waals surface area contributed by atoms with Crippen molar-refractivity contribution in [3.63, 3.8) is 0 Å². The summed E-state index contributed by atoms with van der Waals surface area (Å²) < 4.78 is 0.